The minimum absolute atomic E-state index is 0.00318. The number of fused-ring (bicyclic) bond motifs is 5. The highest BCUT2D eigenvalue weighted by atomic mass is 16.5. The highest BCUT2D eigenvalue weighted by Crippen LogP contribution is 2.52. The monoisotopic (exact) mass is 270 g/mol. The lowest BCUT2D eigenvalue weighted by atomic mass is 9.81. The summed E-state index contributed by atoms with van der Waals surface area (Å²) in [5.41, 5.74) is 3.05. The number of carbonyl (C=O) groups excluding carboxylic acids is 2. The smallest absolute Gasteiger partial charge is 0.154 e. The number of Topliss-reactive ketones (excluding diaryl/α,β-unsaturated/α-hetero) is 2. The Kier molecular flexibility index (Phi) is 2.46. The molecule has 2 aliphatic heterocycles. The van der Waals surface area contributed by atoms with Crippen LogP contribution >= 0.6 is 0 Å². The third-order valence-electron chi connectivity index (χ3n) is 5.25. The van der Waals surface area contributed by atoms with Crippen LogP contribution in [0.2, 0.25) is 0 Å². The van der Waals surface area contributed by atoms with Crippen molar-refractivity contribution in [3.8, 4) is 0 Å². The molecular formula is C17H18O3. The van der Waals surface area contributed by atoms with Gasteiger partial charge in [-0.25, -0.2) is 0 Å². The Morgan fingerprint density at radius 1 is 1.00 bits per heavy atom. The molecule has 3 heteroatoms. The van der Waals surface area contributed by atoms with Gasteiger partial charge >= 0.3 is 0 Å². The van der Waals surface area contributed by atoms with E-state index in [1.54, 1.807) is 0 Å². The van der Waals surface area contributed by atoms with Crippen LogP contribution < -0.4 is 0 Å². The SMILES string of the molecule is Cc1ccc(C)c(C2C(=O)[C@@H]3[C@H](C2=O)[C@H]2CC[C@@H]3O2)c1. The van der Waals surface area contributed by atoms with Crippen LogP contribution in [0.5, 0.6) is 0 Å². The Hall–Kier alpha value is -1.48. The van der Waals surface area contributed by atoms with E-state index in [1.165, 1.54) is 0 Å². The number of hydrogen-bond acceptors (Lipinski definition) is 3. The molecule has 3 fully saturated rings. The number of hydrogen-bond donors (Lipinski definition) is 0. The molecule has 104 valence electrons. The lowest BCUT2D eigenvalue weighted by molar-refractivity contribution is -0.127. The maximum absolute atomic E-state index is 12.8. The molecule has 2 saturated heterocycles. The molecule has 0 aromatic heterocycles. The molecule has 0 N–H and O–H groups in total. The zero-order valence-electron chi connectivity index (χ0n) is 11.8. The summed E-state index contributed by atoms with van der Waals surface area (Å²) in [5, 5.41) is 0. The first-order valence-electron chi connectivity index (χ1n) is 7.38. The zero-order valence-corrected chi connectivity index (χ0v) is 11.8. The molecule has 1 aliphatic carbocycles. The molecule has 2 heterocycles. The van der Waals surface area contributed by atoms with Gasteiger partial charge in [0.2, 0.25) is 0 Å². The van der Waals surface area contributed by atoms with E-state index in [1.807, 2.05) is 32.0 Å². The summed E-state index contributed by atoms with van der Waals surface area (Å²) in [6.07, 6.45) is 1.86. The molecule has 5 atom stereocenters. The molecule has 20 heavy (non-hydrogen) atoms. The standard InChI is InChI=1S/C17H18O3/c1-8-3-4-9(2)10(7-8)13-16(18)14-11-5-6-12(20-11)15(14)17(13)19/h3-4,7,11-15H,5-6H2,1-2H3/t11-,12+,13?,14-,15+. The summed E-state index contributed by atoms with van der Waals surface area (Å²) in [7, 11) is 0. The van der Waals surface area contributed by atoms with Crippen molar-refractivity contribution in [3.63, 3.8) is 0 Å². The van der Waals surface area contributed by atoms with E-state index in [0.29, 0.717) is 0 Å². The van der Waals surface area contributed by atoms with Crippen molar-refractivity contribution in [3.05, 3.63) is 34.9 Å². The Balaban J connectivity index is 1.79. The third kappa shape index (κ3) is 1.44. The van der Waals surface area contributed by atoms with Gasteiger partial charge in [0.05, 0.1) is 24.0 Å². The fourth-order valence-corrected chi connectivity index (χ4v) is 4.30. The minimum Gasteiger partial charge on any atom is -0.373 e. The topological polar surface area (TPSA) is 43.4 Å². The summed E-state index contributed by atoms with van der Waals surface area (Å²) < 4.78 is 5.78. The number of ether oxygens (including phenoxy) is 1. The summed E-state index contributed by atoms with van der Waals surface area (Å²) in [6, 6.07) is 6.03. The lowest BCUT2D eigenvalue weighted by Crippen LogP contribution is -2.29. The van der Waals surface area contributed by atoms with E-state index in [0.717, 1.165) is 29.5 Å². The van der Waals surface area contributed by atoms with E-state index < -0.39 is 5.92 Å². The summed E-state index contributed by atoms with van der Waals surface area (Å²) in [5.74, 6) is -0.698. The van der Waals surface area contributed by atoms with Crippen molar-refractivity contribution >= 4 is 11.6 Å². The van der Waals surface area contributed by atoms with Gasteiger partial charge in [-0.15, -0.1) is 0 Å². The highest BCUT2D eigenvalue weighted by Gasteiger charge is 2.62. The van der Waals surface area contributed by atoms with E-state index in [2.05, 4.69) is 0 Å². The van der Waals surface area contributed by atoms with Crippen LogP contribution in [0.4, 0.5) is 0 Å². The summed E-state index contributed by atoms with van der Waals surface area (Å²) in [6.45, 7) is 3.98. The van der Waals surface area contributed by atoms with Crippen molar-refractivity contribution < 1.29 is 14.3 Å². The molecule has 3 nitrogen and oxygen atoms in total. The second-order valence-electron chi connectivity index (χ2n) is 6.44. The molecular weight excluding hydrogens is 252 g/mol. The highest BCUT2D eigenvalue weighted by molar-refractivity contribution is 6.17. The first-order chi connectivity index (χ1) is 9.58. The number of carbonyl (C=O) groups is 2. The number of rotatable bonds is 1. The van der Waals surface area contributed by atoms with Crippen LogP contribution in [-0.4, -0.2) is 23.8 Å². The molecule has 2 bridgehead atoms. The van der Waals surface area contributed by atoms with Crippen molar-refractivity contribution in [1.82, 2.24) is 0 Å². The molecule has 3 aliphatic rings. The van der Waals surface area contributed by atoms with Gasteiger partial charge in [-0.3, -0.25) is 9.59 Å². The summed E-state index contributed by atoms with van der Waals surface area (Å²) >= 11 is 0. The van der Waals surface area contributed by atoms with Crippen LogP contribution in [0.1, 0.15) is 35.4 Å². The maximum atomic E-state index is 12.8. The molecule has 0 amide bonds. The van der Waals surface area contributed by atoms with Crippen LogP contribution in [-0.2, 0) is 14.3 Å². The van der Waals surface area contributed by atoms with E-state index in [4.69, 9.17) is 4.74 Å². The van der Waals surface area contributed by atoms with E-state index in [-0.39, 0.29) is 35.6 Å². The van der Waals surface area contributed by atoms with E-state index >= 15 is 0 Å². The quantitative estimate of drug-likeness (QED) is 0.736. The van der Waals surface area contributed by atoms with Gasteiger partial charge in [0.1, 0.15) is 5.92 Å². The van der Waals surface area contributed by atoms with Crippen molar-refractivity contribution in [1.29, 1.82) is 0 Å². The van der Waals surface area contributed by atoms with Crippen molar-refractivity contribution in [2.24, 2.45) is 11.8 Å². The van der Waals surface area contributed by atoms with Crippen LogP contribution in [0.25, 0.3) is 0 Å². The fourth-order valence-electron chi connectivity index (χ4n) is 4.30. The van der Waals surface area contributed by atoms with E-state index in [9.17, 15) is 9.59 Å². The third-order valence-corrected chi connectivity index (χ3v) is 5.25. The predicted molar refractivity (Wildman–Crippen MR) is 73.5 cm³/mol. The first-order valence-corrected chi connectivity index (χ1v) is 7.38. The molecule has 1 unspecified atom stereocenters. The van der Waals surface area contributed by atoms with Crippen molar-refractivity contribution in [2.75, 3.05) is 0 Å². The van der Waals surface area contributed by atoms with Crippen LogP contribution in [0.3, 0.4) is 0 Å². The number of ketones is 2. The summed E-state index contributed by atoms with van der Waals surface area (Å²) in [4.78, 5) is 25.5. The van der Waals surface area contributed by atoms with Gasteiger partial charge in [0.25, 0.3) is 0 Å². The predicted octanol–water partition coefficient (Wildman–Crippen LogP) is 2.33. The van der Waals surface area contributed by atoms with Gasteiger partial charge in [-0.2, -0.15) is 0 Å². The second-order valence-corrected chi connectivity index (χ2v) is 6.44. The molecule has 1 aromatic rings. The average Bonchev–Trinajstić information content (AvgIpc) is 3.08. The molecule has 0 spiro atoms. The van der Waals surface area contributed by atoms with Crippen molar-refractivity contribution in [2.45, 2.75) is 44.8 Å². The molecule has 4 rings (SSSR count). The Morgan fingerprint density at radius 3 is 2.20 bits per heavy atom. The molecule has 0 radical (unpaired) electrons. The average molecular weight is 270 g/mol. The lowest BCUT2D eigenvalue weighted by Gasteiger charge is -2.16. The Bertz CT molecular complexity index is 591. The van der Waals surface area contributed by atoms with Gasteiger partial charge in [0.15, 0.2) is 11.6 Å². The minimum atomic E-state index is -0.545. The maximum Gasteiger partial charge on any atom is 0.154 e. The van der Waals surface area contributed by atoms with Gasteiger partial charge < -0.3 is 4.74 Å². The first kappa shape index (κ1) is 12.3. The van der Waals surface area contributed by atoms with Crippen LogP contribution in [0.15, 0.2) is 18.2 Å². The molecule has 1 saturated carbocycles. The fraction of sp³-hybridized carbons (Fsp3) is 0.529. The zero-order chi connectivity index (χ0) is 14.0. The van der Waals surface area contributed by atoms with Gasteiger partial charge in [0, 0.05) is 0 Å². The second kappa shape index (κ2) is 4.01. The Labute approximate surface area is 118 Å². The molecule has 1 aromatic carbocycles. The van der Waals surface area contributed by atoms with Gasteiger partial charge in [-0.05, 0) is 37.8 Å². The Morgan fingerprint density at radius 2 is 1.60 bits per heavy atom. The largest absolute Gasteiger partial charge is 0.373 e. The van der Waals surface area contributed by atoms with Gasteiger partial charge in [-0.1, -0.05) is 23.8 Å². The van der Waals surface area contributed by atoms with Crippen LogP contribution in [0, 0.1) is 25.7 Å². The number of benzene rings is 1. The number of aryl methyl sites for hydroxylation is 2. The normalized spacial score (nSPS) is 38.6.